The van der Waals surface area contributed by atoms with Gasteiger partial charge in [0, 0.05) is 5.33 Å². The second kappa shape index (κ2) is 12.0. The molecular formula is C19H28BrF3O2S. The van der Waals surface area contributed by atoms with Crippen LogP contribution < -0.4 is 0 Å². The molecule has 1 aromatic rings. The molecule has 1 aromatic carbocycles. The molecule has 0 heterocycles. The number of sulfone groups is 1. The first-order chi connectivity index (χ1) is 12.3. The van der Waals surface area contributed by atoms with Gasteiger partial charge >= 0.3 is 6.18 Å². The molecule has 0 amide bonds. The molecule has 0 fully saturated rings. The van der Waals surface area contributed by atoms with Gasteiger partial charge in [-0.2, -0.15) is 13.2 Å². The van der Waals surface area contributed by atoms with Crippen LogP contribution in [0, 0.1) is 0 Å². The maximum absolute atomic E-state index is 12.5. The van der Waals surface area contributed by atoms with Gasteiger partial charge < -0.3 is 0 Å². The lowest BCUT2D eigenvalue weighted by Gasteiger charge is -2.08. The van der Waals surface area contributed by atoms with E-state index in [4.69, 9.17) is 0 Å². The average Bonchev–Trinajstić information content (AvgIpc) is 2.59. The maximum atomic E-state index is 12.5. The van der Waals surface area contributed by atoms with E-state index in [-0.39, 0.29) is 10.6 Å². The van der Waals surface area contributed by atoms with Gasteiger partial charge in [0.25, 0.3) is 0 Å². The van der Waals surface area contributed by atoms with Gasteiger partial charge in [0.05, 0.1) is 16.2 Å². The third-order valence-corrected chi connectivity index (χ3v) is 6.71. The SMILES string of the molecule is O=S(=O)(CCCCCCCCCCCCBr)c1ccc(C(F)(F)F)cc1. The van der Waals surface area contributed by atoms with Crippen molar-refractivity contribution in [2.24, 2.45) is 0 Å². The molecule has 0 saturated heterocycles. The third-order valence-electron chi connectivity index (χ3n) is 4.34. The largest absolute Gasteiger partial charge is 0.416 e. The van der Waals surface area contributed by atoms with Crippen molar-refractivity contribution >= 4 is 25.8 Å². The van der Waals surface area contributed by atoms with Gasteiger partial charge in [0.15, 0.2) is 9.84 Å². The lowest BCUT2D eigenvalue weighted by molar-refractivity contribution is -0.137. The molecule has 0 saturated carbocycles. The van der Waals surface area contributed by atoms with Crippen molar-refractivity contribution in [1.82, 2.24) is 0 Å². The highest BCUT2D eigenvalue weighted by molar-refractivity contribution is 9.09. The predicted molar refractivity (Wildman–Crippen MR) is 103 cm³/mol. The Balaban J connectivity index is 2.20. The van der Waals surface area contributed by atoms with E-state index in [0.29, 0.717) is 6.42 Å². The Morgan fingerprint density at radius 3 is 1.58 bits per heavy atom. The van der Waals surface area contributed by atoms with Crippen molar-refractivity contribution in [3.05, 3.63) is 29.8 Å². The van der Waals surface area contributed by atoms with Gasteiger partial charge in [-0.3, -0.25) is 0 Å². The average molecular weight is 457 g/mol. The summed E-state index contributed by atoms with van der Waals surface area (Å²) in [6.07, 6.45) is 6.50. The maximum Gasteiger partial charge on any atom is 0.416 e. The molecule has 0 atom stereocenters. The van der Waals surface area contributed by atoms with Gasteiger partial charge in [0.2, 0.25) is 0 Å². The molecule has 0 bridgehead atoms. The molecule has 1 rings (SSSR count). The summed E-state index contributed by atoms with van der Waals surface area (Å²) in [5.74, 6) is -0.00902. The van der Waals surface area contributed by atoms with Crippen molar-refractivity contribution in [1.29, 1.82) is 0 Å². The number of rotatable bonds is 13. The smallest absolute Gasteiger partial charge is 0.224 e. The molecule has 2 nitrogen and oxygen atoms in total. The molecule has 26 heavy (non-hydrogen) atoms. The van der Waals surface area contributed by atoms with E-state index in [1.807, 2.05) is 0 Å². The van der Waals surface area contributed by atoms with Crippen molar-refractivity contribution < 1.29 is 21.6 Å². The molecule has 0 aliphatic heterocycles. The quantitative estimate of drug-likeness (QED) is 0.242. The van der Waals surface area contributed by atoms with E-state index in [1.165, 1.54) is 38.5 Å². The van der Waals surface area contributed by atoms with Crippen LogP contribution in [0.25, 0.3) is 0 Å². The first-order valence-corrected chi connectivity index (χ1v) is 12.0. The minimum atomic E-state index is -4.45. The lowest BCUT2D eigenvalue weighted by atomic mass is 10.1. The third kappa shape index (κ3) is 9.40. The second-order valence-electron chi connectivity index (χ2n) is 6.57. The van der Waals surface area contributed by atoms with E-state index >= 15 is 0 Å². The number of halogens is 4. The van der Waals surface area contributed by atoms with Gasteiger partial charge in [-0.05, 0) is 37.1 Å². The lowest BCUT2D eigenvalue weighted by Crippen LogP contribution is -2.09. The Kier molecular flexibility index (Phi) is 10.8. The minimum absolute atomic E-state index is 0.00902. The number of hydrogen-bond donors (Lipinski definition) is 0. The van der Waals surface area contributed by atoms with E-state index in [2.05, 4.69) is 15.9 Å². The summed E-state index contributed by atoms with van der Waals surface area (Å²) in [7, 11) is -3.50. The summed E-state index contributed by atoms with van der Waals surface area (Å²) >= 11 is 3.42. The Morgan fingerprint density at radius 2 is 1.15 bits per heavy atom. The number of alkyl halides is 4. The summed E-state index contributed by atoms with van der Waals surface area (Å²) in [4.78, 5) is -0.0334. The number of benzene rings is 1. The van der Waals surface area contributed by atoms with Crippen molar-refractivity contribution in [3.63, 3.8) is 0 Å². The van der Waals surface area contributed by atoms with Gasteiger partial charge in [-0.1, -0.05) is 67.3 Å². The van der Waals surface area contributed by atoms with Gasteiger partial charge in [-0.25, -0.2) is 8.42 Å². The van der Waals surface area contributed by atoms with Crippen molar-refractivity contribution in [3.8, 4) is 0 Å². The predicted octanol–water partition coefficient (Wildman–Crippen LogP) is 6.78. The molecule has 150 valence electrons. The Labute approximate surface area is 163 Å². The zero-order valence-corrected chi connectivity index (χ0v) is 17.4. The molecule has 7 heteroatoms. The van der Waals surface area contributed by atoms with Crippen molar-refractivity contribution in [2.45, 2.75) is 75.3 Å². The molecule has 0 aliphatic rings. The van der Waals surface area contributed by atoms with Gasteiger partial charge in [-0.15, -0.1) is 0 Å². The Hall–Kier alpha value is -0.560. The van der Waals surface area contributed by atoms with E-state index in [9.17, 15) is 21.6 Å². The van der Waals surface area contributed by atoms with Gasteiger partial charge in [0.1, 0.15) is 0 Å². The molecular weight excluding hydrogens is 429 g/mol. The van der Waals surface area contributed by atoms with Crippen LogP contribution in [0.2, 0.25) is 0 Å². The highest BCUT2D eigenvalue weighted by Gasteiger charge is 2.30. The van der Waals surface area contributed by atoms with Crippen LogP contribution in [0.4, 0.5) is 13.2 Å². The summed E-state index contributed by atoms with van der Waals surface area (Å²) in [6, 6.07) is 3.75. The highest BCUT2D eigenvalue weighted by Crippen LogP contribution is 2.30. The molecule has 0 N–H and O–H groups in total. The van der Waals surface area contributed by atoms with Crippen molar-refractivity contribution in [2.75, 3.05) is 11.1 Å². The minimum Gasteiger partial charge on any atom is -0.224 e. The number of hydrogen-bond acceptors (Lipinski definition) is 2. The Bertz CT molecular complexity index is 598. The van der Waals surface area contributed by atoms with Crippen LogP contribution in [0.5, 0.6) is 0 Å². The molecule has 0 unspecified atom stereocenters. The van der Waals surface area contributed by atoms with Crippen LogP contribution in [-0.4, -0.2) is 19.5 Å². The second-order valence-corrected chi connectivity index (χ2v) is 9.47. The van der Waals surface area contributed by atoms with Crippen LogP contribution in [0.1, 0.15) is 69.8 Å². The summed E-state index contributed by atoms with van der Waals surface area (Å²) < 4.78 is 61.9. The first kappa shape index (κ1) is 23.5. The first-order valence-electron chi connectivity index (χ1n) is 9.23. The fourth-order valence-electron chi connectivity index (χ4n) is 2.77. The van der Waals surface area contributed by atoms with Crippen LogP contribution in [0.15, 0.2) is 29.2 Å². The summed E-state index contributed by atoms with van der Waals surface area (Å²) in [6.45, 7) is 0. The summed E-state index contributed by atoms with van der Waals surface area (Å²) in [5.41, 5.74) is -0.830. The van der Waals surface area contributed by atoms with E-state index < -0.39 is 21.6 Å². The normalized spacial score (nSPS) is 12.5. The zero-order valence-electron chi connectivity index (χ0n) is 15.0. The van der Waals surface area contributed by atoms with E-state index in [0.717, 1.165) is 48.9 Å². The topological polar surface area (TPSA) is 34.1 Å². The monoisotopic (exact) mass is 456 g/mol. The van der Waals surface area contributed by atoms with Crippen LogP contribution in [-0.2, 0) is 16.0 Å². The zero-order chi connectivity index (χ0) is 19.5. The number of unbranched alkanes of at least 4 members (excludes halogenated alkanes) is 9. The highest BCUT2D eigenvalue weighted by atomic mass is 79.9. The summed E-state index contributed by atoms with van der Waals surface area (Å²) in [5, 5.41) is 1.07. The molecule has 0 radical (unpaired) electrons. The fraction of sp³-hybridized carbons (Fsp3) is 0.684. The van der Waals surface area contributed by atoms with Crippen LogP contribution in [0.3, 0.4) is 0 Å². The van der Waals surface area contributed by atoms with E-state index in [1.54, 1.807) is 0 Å². The van der Waals surface area contributed by atoms with Crippen LogP contribution >= 0.6 is 15.9 Å². The molecule has 0 spiro atoms. The molecule has 0 aliphatic carbocycles. The molecule has 0 aromatic heterocycles. The standard InChI is InChI=1S/C19H28BrF3O2S/c20-15-9-7-5-3-1-2-4-6-8-10-16-26(24,25)18-13-11-17(12-14-18)19(21,22)23/h11-14H,1-10,15-16H2. The fourth-order valence-corrected chi connectivity index (χ4v) is 4.54. The Morgan fingerprint density at radius 1 is 0.731 bits per heavy atom.